The molecule has 7 heteroatoms. The largest absolute Gasteiger partial charge is 2.00 e. The summed E-state index contributed by atoms with van der Waals surface area (Å²) < 4.78 is 0. The Kier molecular flexibility index (Phi) is 311. The van der Waals surface area contributed by atoms with E-state index in [0.29, 0.717) is 0 Å². The van der Waals surface area contributed by atoms with Gasteiger partial charge < -0.3 is 37.2 Å². The summed E-state index contributed by atoms with van der Waals surface area (Å²) in [6, 6.07) is 0. The molecule has 0 saturated heterocycles. The van der Waals surface area contributed by atoms with Gasteiger partial charge in [0.05, 0.1) is 0 Å². The predicted octanol–water partition coefficient (Wildman–Crippen LogP) is -18.4. The van der Waals surface area contributed by atoms with E-state index in [1.807, 2.05) is 0 Å². The van der Waals surface area contributed by atoms with Crippen molar-refractivity contribution in [2.45, 2.75) is 0 Å². The SMILES string of the molecule is [Ca+2].[Cl-].[Cl-].[Cl-].[K+].[Na+].[Na+]. The van der Waals surface area contributed by atoms with Crippen LogP contribution in [0.15, 0.2) is 0 Å². The summed E-state index contributed by atoms with van der Waals surface area (Å²) in [5, 5.41) is 0. The first kappa shape index (κ1) is 53.2. The third-order valence-electron chi connectivity index (χ3n) is 0. The topological polar surface area (TPSA) is 0 Å². The summed E-state index contributed by atoms with van der Waals surface area (Å²) in [4.78, 5) is 0. The fraction of sp³-hybridized carbons (Fsp3) is 0. The van der Waals surface area contributed by atoms with Crippen molar-refractivity contribution in [2.24, 2.45) is 0 Å². The van der Waals surface area contributed by atoms with Gasteiger partial charge in [-0.15, -0.1) is 0 Å². The van der Waals surface area contributed by atoms with Crippen LogP contribution >= 0.6 is 0 Å². The summed E-state index contributed by atoms with van der Waals surface area (Å²) in [6.45, 7) is 0. The van der Waals surface area contributed by atoms with Crippen molar-refractivity contribution in [2.75, 3.05) is 0 Å². The van der Waals surface area contributed by atoms with Gasteiger partial charge in [-0.05, 0) is 0 Å². The van der Waals surface area contributed by atoms with Gasteiger partial charge in [0, 0.05) is 0 Å². The summed E-state index contributed by atoms with van der Waals surface area (Å²) >= 11 is 0. The molecule has 0 aromatic heterocycles. The molecule has 0 radical (unpaired) electrons. The molecule has 0 amide bonds. The van der Waals surface area contributed by atoms with Gasteiger partial charge >= 0.3 is 148 Å². The maximum atomic E-state index is 0. The number of halogens is 3. The van der Waals surface area contributed by atoms with Crippen LogP contribution in [0.25, 0.3) is 0 Å². The van der Waals surface area contributed by atoms with Crippen LogP contribution in [0.3, 0.4) is 0 Å². The van der Waals surface area contributed by atoms with E-state index in [-0.39, 0.29) is 185 Å². The predicted molar refractivity (Wildman–Crippen MR) is 5.75 cm³/mol. The smallest absolute Gasteiger partial charge is 1.00 e. The van der Waals surface area contributed by atoms with Gasteiger partial charge in [-0.1, -0.05) is 0 Å². The minimum Gasteiger partial charge on any atom is -1.00 e. The molecule has 0 nitrogen and oxygen atoms in total. The maximum absolute atomic E-state index is 0. The third-order valence-corrected chi connectivity index (χ3v) is 0. The molecule has 0 unspecified atom stereocenters. The molecule has 7 heavy (non-hydrogen) atoms. The van der Waals surface area contributed by atoms with E-state index in [1.54, 1.807) is 0 Å². The minimum atomic E-state index is 0. The molecule has 0 aromatic rings. The zero-order valence-corrected chi connectivity index (χ0v) is 16.4. The summed E-state index contributed by atoms with van der Waals surface area (Å²) in [5.74, 6) is 0. The normalized spacial score (nSPS) is 0. The van der Waals surface area contributed by atoms with E-state index in [9.17, 15) is 0 Å². The van der Waals surface area contributed by atoms with Crippen molar-refractivity contribution in [1.29, 1.82) is 0 Å². The Morgan fingerprint density at radius 2 is 0.571 bits per heavy atom. The van der Waals surface area contributed by atoms with Gasteiger partial charge in [0.2, 0.25) is 0 Å². The van der Waals surface area contributed by atoms with E-state index in [0.717, 1.165) is 0 Å². The number of hydrogen-bond donors (Lipinski definition) is 0. The van der Waals surface area contributed by atoms with Gasteiger partial charge in [0.15, 0.2) is 0 Å². The minimum absolute atomic E-state index is 0. The zero-order valence-electron chi connectivity index (χ0n) is 4.84. The quantitative estimate of drug-likeness (QED) is 0.363. The average molecular weight is 232 g/mol. The molecule has 0 aliphatic carbocycles. The molecular weight excluding hydrogens is 232 g/mol. The van der Waals surface area contributed by atoms with Gasteiger partial charge in [-0.2, -0.15) is 0 Å². The molecule has 0 fully saturated rings. The molecule has 0 heterocycles. The van der Waals surface area contributed by atoms with Crippen molar-refractivity contribution in [3.63, 3.8) is 0 Å². The van der Waals surface area contributed by atoms with Crippen LogP contribution in [0.5, 0.6) is 0 Å². The molecule has 0 aliphatic heterocycles. The molecule has 0 bridgehead atoms. The molecule has 0 spiro atoms. The second kappa shape index (κ2) is 41.0. The van der Waals surface area contributed by atoms with Crippen LogP contribution in [0.2, 0.25) is 0 Å². The van der Waals surface area contributed by atoms with Crippen molar-refractivity contribution in [3.8, 4) is 0 Å². The van der Waals surface area contributed by atoms with Gasteiger partial charge in [0.1, 0.15) is 0 Å². The van der Waals surface area contributed by atoms with Crippen LogP contribution in [0.4, 0.5) is 0 Å². The molecule has 0 rings (SSSR count). The first-order valence-electron chi connectivity index (χ1n) is 0. The summed E-state index contributed by atoms with van der Waals surface area (Å²) in [6.07, 6.45) is 0. The van der Waals surface area contributed by atoms with Crippen molar-refractivity contribution in [3.05, 3.63) is 0 Å². The van der Waals surface area contributed by atoms with E-state index in [4.69, 9.17) is 0 Å². The second-order valence-corrected chi connectivity index (χ2v) is 0. The molecule has 0 atom stereocenters. The van der Waals surface area contributed by atoms with Crippen LogP contribution in [-0.4, -0.2) is 37.7 Å². The Labute approximate surface area is 180 Å². The molecular formula is CaCl3KNa2+2. The maximum Gasteiger partial charge on any atom is 2.00 e. The Hall–Kier alpha value is 5.77. The van der Waals surface area contributed by atoms with Gasteiger partial charge in [0.25, 0.3) is 0 Å². The van der Waals surface area contributed by atoms with E-state index in [1.165, 1.54) is 0 Å². The molecule has 24 valence electrons. The molecule has 0 aliphatic rings. The van der Waals surface area contributed by atoms with E-state index < -0.39 is 0 Å². The van der Waals surface area contributed by atoms with Crippen molar-refractivity contribution < 1.29 is 148 Å². The Morgan fingerprint density at radius 1 is 0.571 bits per heavy atom. The van der Waals surface area contributed by atoms with E-state index >= 15 is 0 Å². The van der Waals surface area contributed by atoms with Gasteiger partial charge in [-0.3, -0.25) is 0 Å². The fourth-order valence-electron chi connectivity index (χ4n) is 0. The zero-order chi connectivity index (χ0) is 0. The van der Waals surface area contributed by atoms with Crippen LogP contribution < -0.4 is 148 Å². The number of rotatable bonds is 0. The first-order chi connectivity index (χ1) is 0. The van der Waals surface area contributed by atoms with Crippen LogP contribution in [0, 0.1) is 0 Å². The molecule has 0 aromatic carbocycles. The van der Waals surface area contributed by atoms with Gasteiger partial charge in [-0.25, -0.2) is 0 Å². The number of hydrogen-bond acceptors (Lipinski definition) is 0. The third kappa shape index (κ3) is 33.8. The van der Waals surface area contributed by atoms with Crippen molar-refractivity contribution >= 4 is 37.7 Å². The van der Waals surface area contributed by atoms with Crippen molar-refractivity contribution in [1.82, 2.24) is 0 Å². The summed E-state index contributed by atoms with van der Waals surface area (Å²) in [7, 11) is 0. The Balaban J connectivity index is 0. The van der Waals surface area contributed by atoms with E-state index in [2.05, 4.69) is 0 Å². The first-order valence-corrected chi connectivity index (χ1v) is 0. The standard InChI is InChI=1S/Ca.3ClH.K.2Na/h;3*1H;;;/q+2;;;;3*+1/p-3. The molecule has 0 N–H and O–H groups in total. The summed E-state index contributed by atoms with van der Waals surface area (Å²) in [5.41, 5.74) is 0. The monoisotopic (exact) mass is 230 g/mol. The average Bonchev–Trinajstić information content (AvgIpc) is 0. The van der Waals surface area contributed by atoms with Crippen LogP contribution in [0.1, 0.15) is 0 Å². The Bertz CT molecular complexity index is 12.9. The second-order valence-electron chi connectivity index (χ2n) is 0. The molecule has 0 saturated carbocycles. The van der Waals surface area contributed by atoms with Crippen LogP contribution in [-0.2, 0) is 0 Å². The Morgan fingerprint density at radius 3 is 0.571 bits per heavy atom. The fourth-order valence-corrected chi connectivity index (χ4v) is 0.